The molecule has 0 radical (unpaired) electrons. The fraction of sp³-hybridized carbons (Fsp3) is 0.417. The van der Waals surface area contributed by atoms with Crippen molar-refractivity contribution in [2.24, 2.45) is 0 Å². The number of carbonyl (C=O) groups is 1. The number of methoxy groups -OCH3 is 1. The average Bonchev–Trinajstić information content (AvgIpc) is 3.46. The zero-order valence-corrected chi connectivity index (χ0v) is 18.8. The fourth-order valence-corrected chi connectivity index (χ4v) is 4.54. The molecule has 1 atom stereocenters. The standard InChI is InChI=1S/C24H28N2O4S/c1-3-4-12-29-19-8-5-7-17(14-19)23(27)26(16-20-9-6-13-30-20)24-25-21-15-18(28-2)10-11-22(21)31-24/h5,7-8,10-11,14-15,20H,3-4,6,9,12-13,16H2,1-2H3. The van der Waals surface area contributed by atoms with Crippen LogP contribution in [0.1, 0.15) is 43.0 Å². The highest BCUT2D eigenvalue weighted by molar-refractivity contribution is 7.22. The number of fused-ring (bicyclic) bond motifs is 1. The maximum atomic E-state index is 13.6. The lowest BCUT2D eigenvalue weighted by Gasteiger charge is -2.23. The number of nitrogens with zero attached hydrogens (tertiary/aromatic N) is 2. The van der Waals surface area contributed by atoms with Gasteiger partial charge in [0.05, 0.1) is 36.6 Å². The molecule has 2 heterocycles. The summed E-state index contributed by atoms with van der Waals surface area (Å²) in [6.07, 6.45) is 4.04. The van der Waals surface area contributed by atoms with Crippen molar-refractivity contribution in [3.63, 3.8) is 0 Å². The van der Waals surface area contributed by atoms with E-state index in [9.17, 15) is 4.79 Å². The van der Waals surface area contributed by atoms with Crippen LogP contribution in [0.4, 0.5) is 5.13 Å². The lowest BCUT2D eigenvalue weighted by atomic mass is 10.1. The molecule has 7 heteroatoms. The molecular weight excluding hydrogens is 412 g/mol. The van der Waals surface area contributed by atoms with E-state index in [-0.39, 0.29) is 12.0 Å². The van der Waals surface area contributed by atoms with E-state index in [0.29, 0.717) is 29.6 Å². The van der Waals surface area contributed by atoms with Crippen molar-refractivity contribution in [3.8, 4) is 11.5 Å². The third kappa shape index (κ3) is 5.17. The Morgan fingerprint density at radius 3 is 2.94 bits per heavy atom. The molecule has 1 aromatic heterocycles. The van der Waals surface area contributed by atoms with Crippen LogP contribution in [-0.4, -0.2) is 43.9 Å². The molecule has 1 aliphatic rings. The predicted molar refractivity (Wildman–Crippen MR) is 124 cm³/mol. The summed E-state index contributed by atoms with van der Waals surface area (Å²) in [4.78, 5) is 20.1. The van der Waals surface area contributed by atoms with Gasteiger partial charge in [0.1, 0.15) is 11.5 Å². The number of unbranched alkanes of at least 4 members (excludes halogenated alkanes) is 1. The number of aromatic nitrogens is 1. The van der Waals surface area contributed by atoms with Gasteiger partial charge in [-0.15, -0.1) is 0 Å². The van der Waals surface area contributed by atoms with Gasteiger partial charge in [-0.05, 0) is 49.6 Å². The quantitative estimate of drug-likeness (QED) is 0.422. The Kier molecular flexibility index (Phi) is 7.04. The van der Waals surface area contributed by atoms with Crippen molar-refractivity contribution in [1.82, 2.24) is 4.98 Å². The maximum absolute atomic E-state index is 13.6. The van der Waals surface area contributed by atoms with Crippen molar-refractivity contribution in [2.45, 2.75) is 38.7 Å². The molecule has 6 nitrogen and oxygen atoms in total. The van der Waals surface area contributed by atoms with Crippen LogP contribution in [0.15, 0.2) is 42.5 Å². The Morgan fingerprint density at radius 2 is 2.16 bits per heavy atom. The number of carbonyl (C=O) groups excluding carboxylic acids is 1. The molecule has 4 rings (SSSR count). The average molecular weight is 441 g/mol. The second-order valence-electron chi connectivity index (χ2n) is 7.61. The van der Waals surface area contributed by atoms with Gasteiger partial charge >= 0.3 is 0 Å². The fourth-order valence-electron chi connectivity index (χ4n) is 3.59. The minimum absolute atomic E-state index is 0.0227. The van der Waals surface area contributed by atoms with Crippen LogP contribution in [0.3, 0.4) is 0 Å². The van der Waals surface area contributed by atoms with Gasteiger partial charge < -0.3 is 14.2 Å². The van der Waals surface area contributed by atoms with Crippen molar-refractivity contribution in [1.29, 1.82) is 0 Å². The van der Waals surface area contributed by atoms with Crippen LogP contribution in [0, 0.1) is 0 Å². The third-order valence-corrected chi connectivity index (χ3v) is 6.38. The molecule has 3 aromatic rings. The normalized spacial score (nSPS) is 15.9. The first kappa shape index (κ1) is 21.6. The molecule has 0 N–H and O–H groups in total. The van der Waals surface area contributed by atoms with Gasteiger partial charge in [0.15, 0.2) is 5.13 Å². The number of hydrogen-bond donors (Lipinski definition) is 0. The Bertz CT molecular complexity index is 1030. The van der Waals surface area contributed by atoms with Crippen LogP contribution in [0.2, 0.25) is 0 Å². The molecule has 1 aliphatic heterocycles. The highest BCUT2D eigenvalue weighted by Crippen LogP contribution is 2.33. The smallest absolute Gasteiger partial charge is 0.260 e. The third-order valence-electron chi connectivity index (χ3n) is 5.32. The Morgan fingerprint density at radius 1 is 1.26 bits per heavy atom. The second-order valence-corrected chi connectivity index (χ2v) is 8.62. The number of benzene rings is 2. The van der Waals surface area contributed by atoms with Crippen molar-refractivity contribution < 1.29 is 19.0 Å². The van der Waals surface area contributed by atoms with E-state index < -0.39 is 0 Å². The summed E-state index contributed by atoms with van der Waals surface area (Å²) in [6.45, 7) is 3.99. The lowest BCUT2D eigenvalue weighted by Crippen LogP contribution is -2.37. The number of anilines is 1. The molecule has 1 saturated heterocycles. The predicted octanol–water partition coefficient (Wildman–Crippen LogP) is 5.31. The van der Waals surface area contributed by atoms with E-state index in [2.05, 4.69) is 6.92 Å². The van der Waals surface area contributed by atoms with E-state index in [1.807, 2.05) is 42.5 Å². The summed E-state index contributed by atoms with van der Waals surface area (Å²) in [5, 5.41) is 0.668. The molecule has 0 saturated carbocycles. The van der Waals surface area contributed by atoms with E-state index in [4.69, 9.17) is 19.2 Å². The van der Waals surface area contributed by atoms with Gasteiger partial charge in [0, 0.05) is 18.2 Å². The molecule has 0 spiro atoms. The summed E-state index contributed by atoms with van der Waals surface area (Å²) in [5.41, 5.74) is 1.41. The van der Waals surface area contributed by atoms with Crippen LogP contribution in [-0.2, 0) is 4.74 Å². The number of amides is 1. The van der Waals surface area contributed by atoms with Gasteiger partial charge in [-0.25, -0.2) is 4.98 Å². The Balaban J connectivity index is 1.63. The van der Waals surface area contributed by atoms with Crippen LogP contribution < -0.4 is 14.4 Å². The van der Waals surface area contributed by atoms with E-state index >= 15 is 0 Å². The van der Waals surface area contributed by atoms with Crippen LogP contribution in [0.5, 0.6) is 11.5 Å². The van der Waals surface area contributed by atoms with Gasteiger partial charge in [0.25, 0.3) is 5.91 Å². The second kappa shape index (κ2) is 10.1. The van der Waals surface area contributed by atoms with E-state index in [0.717, 1.165) is 48.3 Å². The highest BCUT2D eigenvalue weighted by atomic mass is 32.1. The van der Waals surface area contributed by atoms with Crippen molar-refractivity contribution >= 4 is 32.6 Å². The first-order valence-corrected chi connectivity index (χ1v) is 11.6. The van der Waals surface area contributed by atoms with Crippen molar-refractivity contribution in [3.05, 3.63) is 48.0 Å². The molecular formula is C24H28N2O4S. The van der Waals surface area contributed by atoms with Gasteiger partial charge in [0.2, 0.25) is 0 Å². The monoisotopic (exact) mass is 440 g/mol. The minimum Gasteiger partial charge on any atom is -0.497 e. The van der Waals surface area contributed by atoms with Gasteiger partial charge in [-0.2, -0.15) is 0 Å². The van der Waals surface area contributed by atoms with E-state index in [1.165, 1.54) is 11.3 Å². The lowest BCUT2D eigenvalue weighted by molar-refractivity contribution is 0.0917. The summed E-state index contributed by atoms with van der Waals surface area (Å²) in [5.74, 6) is 1.37. The summed E-state index contributed by atoms with van der Waals surface area (Å²) >= 11 is 1.50. The molecule has 164 valence electrons. The molecule has 31 heavy (non-hydrogen) atoms. The topological polar surface area (TPSA) is 60.9 Å². The number of hydrogen-bond acceptors (Lipinski definition) is 6. The Labute approximate surface area is 186 Å². The van der Waals surface area contributed by atoms with Crippen molar-refractivity contribution in [2.75, 3.05) is 31.8 Å². The van der Waals surface area contributed by atoms with Gasteiger partial charge in [-0.3, -0.25) is 9.69 Å². The largest absolute Gasteiger partial charge is 0.497 e. The first-order valence-electron chi connectivity index (χ1n) is 10.8. The SMILES string of the molecule is CCCCOc1cccc(C(=O)N(CC2CCCO2)c2nc3cc(OC)ccc3s2)c1. The molecule has 1 unspecified atom stereocenters. The maximum Gasteiger partial charge on any atom is 0.260 e. The zero-order chi connectivity index (χ0) is 21.6. The van der Waals surface area contributed by atoms with Crippen LogP contribution in [0.25, 0.3) is 10.2 Å². The van der Waals surface area contributed by atoms with Gasteiger partial charge in [-0.1, -0.05) is 30.7 Å². The summed E-state index contributed by atoms with van der Waals surface area (Å²) in [6, 6.07) is 13.2. The number of ether oxygens (including phenoxy) is 3. The number of thiazole rings is 1. The number of rotatable bonds is 9. The molecule has 2 aromatic carbocycles. The zero-order valence-electron chi connectivity index (χ0n) is 18.0. The van der Waals surface area contributed by atoms with Crippen LogP contribution >= 0.6 is 11.3 Å². The minimum atomic E-state index is -0.0949. The summed E-state index contributed by atoms with van der Waals surface area (Å²) in [7, 11) is 1.64. The Hall–Kier alpha value is -2.64. The molecule has 0 aliphatic carbocycles. The van der Waals surface area contributed by atoms with E-state index in [1.54, 1.807) is 12.0 Å². The molecule has 1 amide bonds. The molecule has 0 bridgehead atoms. The highest BCUT2D eigenvalue weighted by Gasteiger charge is 2.27. The first-order chi connectivity index (χ1) is 15.2. The molecule has 1 fully saturated rings. The summed E-state index contributed by atoms with van der Waals surface area (Å²) < 4.78 is 18.0.